The molecule has 1 atom stereocenters. The summed E-state index contributed by atoms with van der Waals surface area (Å²) in [6.07, 6.45) is 1.17. The van der Waals surface area contributed by atoms with Gasteiger partial charge in [0.15, 0.2) is 0 Å². The fourth-order valence-corrected chi connectivity index (χ4v) is 3.49. The number of carboxylic acids is 1. The molecule has 2 N–H and O–H groups in total. The lowest BCUT2D eigenvalue weighted by Crippen LogP contribution is -2.41. The van der Waals surface area contributed by atoms with Crippen molar-refractivity contribution in [3.8, 4) is 0 Å². The first kappa shape index (κ1) is 16.3. The molecule has 0 aliphatic rings. The van der Waals surface area contributed by atoms with Crippen LogP contribution in [0, 0.1) is 0 Å². The van der Waals surface area contributed by atoms with Gasteiger partial charge < -0.3 is 10.4 Å². The van der Waals surface area contributed by atoms with Crippen molar-refractivity contribution >= 4 is 46.6 Å². The summed E-state index contributed by atoms with van der Waals surface area (Å²) in [4.78, 5) is 23.6. The van der Waals surface area contributed by atoms with Gasteiger partial charge in [-0.15, -0.1) is 23.1 Å². The van der Waals surface area contributed by atoms with E-state index in [0.29, 0.717) is 12.2 Å². The first-order valence-electron chi connectivity index (χ1n) is 5.87. The highest BCUT2D eigenvalue weighted by molar-refractivity contribution is 7.99. The van der Waals surface area contributed by atoms with Crippen LogP contribution in [-0.2, 0) is 15.3 Å². The molecule has 7 heteroatoms. The van der Waals surface area contributed by atoms with Crippen molar-refractivity contribution in [1.82, 2.24) is 5.32 Å². The molecule has 0 spiro atoms. The molecule has 106 valence electrons. The zero-order chi connectivity index (χ0) is 14.3. The van der Waals surface area contributed by atoms with Crippen molar-refractivity contribution in [2.75, 3.05) is 5.75 Å². The number of carbonyl (C=O) groups excluding carboxylic acids is 1. The fraction of sp³-hybridized carbons (Fsp3) is 0.500. The highest BCUT2D eigenvalue weighted by atomic mass is 35.5. The number of rotatable bonds is 8. The van der Waals surface area contributed by atoms with Crippen LogP contribution in [0.3, 0.4) is 0 Å². The molecule has 0 aliphatic carbocycles. The third-order valence-corrected chi connectivity index (χ3v) is 4.71. The zero-order valence-corrected chi connectivity index (χ0v) is 12.9. The van der Waals surface area contributed by atoms with Gasteiger partial charge in [-0.2, -0.15) is 0 Å². The van der Waals surface area contributed by atoms with Gasteiger partial charge in [-0.1, -0.05) is 24.9 Å². The van der Waals surface area contributed by atoms with Gasteiger partial charge in [0.25, 0.3) is 0 Å². The molecule has 0 radical (unpaired) electrons. The van der Waals surface area contributed by atoms with Crippen molar-refractivity contribution in [3.05, 3.63) is 21.3 Å². The number of hydrogen-bond donors (Lipinski definition) is 2. The fourth-order valence-electron chi connectivity index (χ4n) is 1.46. The zero-order valence-electron chi connectivity index (χ0n) is 10.5. The second-order valence-electron chi connectivity index (χ2n) is 3.95. The largest absolute Gasteiger partial charge is 0.480 e. The van der Waals surface area contributed by atoms with E-state index in [-0.39, 0.29) is 11.7 Å². The standard InChI is InChI=1S/C12H16ClNO3S2/c1-2-3-9(12(16)17)14-11(15)7-18-6-8-4-5-10(13)19-8/h4-5,9H,2-3,6-7H2,1H3,(H,14,15)(H,16,17)/t9-/m0/s1. The summed E-state index contributed by atoms with van der Waals surface area (Å²) in [6.45, 7) is 1.89. The Bertz CT molecular complexity index is 436. The second kappa shape index (κ2) is 8.45. The van der Waals surface area contributed by atoms with E-state index >= 15 is 0 Å². The number of halogens is 1. The van der Waals surface area contributed by atoms with Gasteiger partial charge in [0.1, 0.15) is 6.04 Å². The predicted molar refractivity (Wildman–Crippen MR) is 80.0 cm³/mol. The number of hydrogen-bond acceptors (Lipinski definition) is 4. The van der Waals surface area contributed by atoms with Gasteiger partial charge in [0, 0.05) is 10.6 Å². The summed E-state index contributed by atoms with van der Waals surface area (Å²) in [5.41, 5.74) is 0. The van der Waals surface area contributed by atoms with Crippen LogP contribution in [0.2, 0.25) is 4.34 Å². The topological polar surface area (TPSA) is 66.4 Å². The SMILES string of the molecule is CCC[C@H](NC(=O)CSCc1ccc(Cl)s1)C(=O)O. The van der Waals surface area contributed by atoms with Gasteiger partial charge in [0.05, 0.1) is 10.1 Å². The van der Waals surface area contributed by atoms with E-state index in [0.717, 1.165) is 15.6 Å². The quantitative estimate of drug-likeness (QED) is 0.772. The van der Waals surface area contributed by atoms with Crippen LogP contribution in [0.5, 0.6) is 0 Å². The van der Waals surface area contributed by atoms with Crippen LogP contribution in [0.1, 0.15) is 24.6 Å². The maximum atomic E-state index is 11.6. The lowest BCUT2D eigenvalue weighted by atomic mass is 10.2. The van der Waals surface area contributed by atoms with E-state index < -0.39 is 12.0 Å². The highest BCUT2D eigenvalue weighted by Crippen LogP contribution is 2.24. The molecule has 1 aromatic rings. The molecular formula is C12H16ClNO3S2. The summed E-state index contributed by atoms with van der Waals surface area (Å²) >= 11 is 8.74. The Morgan fingerprint density at radius 3 is 2.79 bits per heavy atom. The van der Waals surface area contributed by atoms with Gasteiger partial charge in [-0.25, -0.2) is 4.79 Å². The molecule has 0 aliphatic heterocycles. The van der Waals surface area contributed by atoms with Crippen molar-refractivity contribution in [2.45, 2.75) is 31.6 Å². The minimum atomic E-state index is -0.981. The van der Waals surface area contributed by atoms with E-state index in [1.54, 1.807) is 0 Å². The van der Waals surface area contributed by atoms with E-state index in [1.165, 1.54) is 23.1 Å². The number of nitrogens with one attached hydrogen (secondary N) is 1. The minimum Gasteiger partial charge on any atom is -0.480 e. The van der Waals surface area contributed by atoms with Gasteiger partial charge in [-0.05, 0) is 18.6 Å². The Morgan fingerprint density at radius 2 is 2.26 bits per heavy atom. The van der Waals surface area contributed by atoms with Crippen molar-refractivity contribution in [2.24, 2.45) is 0 Å². The van der Waals surface area contributed by atoms with E-state index in [4.69, 9.17) is 16.7 Å². The first-order chi connectivity index (χ1) is 9.02. The summed E-state index contributed by atoms with van der Waals surface area (Å²) in [7, 11) is 0. The Balaban J connectivity index is 2.28. The summed E-state index contributed by atoms with van der Waals surface area (Å²) < 4.78 is 0.730. The highest BCUT2D eigenvalue weighted by Gasteiger charge is 2.18. The summed E-state index contributed by atoms with van der Waals surface area (Å²) in [5.74, 6) is -0.266. The van der Waals surface area contributed by atoms with E-state index in [9.17, 15) is 9.59 Å². The lowest BCUT2D eigenvalue weighted by Gasteiger charge is -2.13. The van der Waals surface area contributed by atoms with Crippen LogP contribution in [0.15, 0.2) is 12.1 Å². The van der Waals surface area contributed by atoms with Crippen molar-refractivity contribution in [1.29, 1.82) is 0 Å². The number of thiophene rings is 1. The van der Waals surface area contributed by atoms with Gasteiger partial charge >= 0.3 is 5.97 Å². The average molecular weight is 322 g/mol. The number of amides is 1. The molecule has 1 rings (SSSR count). The lowest BCUT2D eigenvalue weighted by molar-refractivity contribution is -0.141. The molecule has 19 heavy (non-hydrogen) atoms. The molecule has 0 saturated carbocycles. The number of thioether (sulfide) groups is 1. The van der Waals surface area contributed by atoms with Crippen LogP contribution in [-0.4, -0.2) is 28.8 Å². The molecule has 0 aromatic carbocycles. The molecule has 1 aromatic heterocycles. The molecule has 1 amide bonds. The van der Waals surface area contributed by atoms with Crippen LogP contribution in [0.4, 0.5) is 0 Å². The Labute approximate surface area is 125 Å². The number of carboxylic acid groups (broad SMARTS) is 1. The van der Waals surface area contributed by atoms with Crippen LogP contribution in [0.25, 0.3) is 0 Å². The Kier molecular flexibility index (Phi) is 7.27. The average Bonchev–Trinajstić information content (AvgIpc) is 2.74. The molecule has 0 unspecified atom stereocenters. The molecular weight excluding hydrogens is 306 g/mol. The molecule has 0 fully saturated rings. The van der Waals surface area contributed by atoms with Crippen molar-refractivity contribution < 1.29 is 14.7 Å². The molecule has 0 bridgehead atoms. The van der Waals surface area contributed by atoms with E-state index in [1.807, 2.05) is 19.1 Å². The maximum Gasteiger partial charge on any atom is 0.326 e. The maximum absolute atomic E-state index is 11.6. The summed E-state index contributed by atoms with van der Waals surface area (Å²) in [6, 6.07) is 2.97. The van der Waals surface area contributed by atoms with Gasteiger partial charge in [0.2, 0.25) is 5.91 Å². The normalized spacial score (nSPS) is 12.1. The van der Waals surface area contributed by atoms with Crippen LogP contribution >= 0.6 is 34.7 Å². The third kappa shape index (κ3) is 6.31. The minimum absolute atomic E-state index is 0.242. The van der Waals surface area contributed by atoms with Gasteiger partial charge in [-0.3, -0.25) is 4.79 Å². The predicted octanol–water partition coefficient (Wildman–Crippen LogP) is 3.00. The number of aliphatic carboxylic acids is 1. The van der Waals surface area contributed by atoms with Crippen LogP contribution < -0.4 is 5.32 Å². The Hall–Kier alpha value is -0.720. The van der Waals surface area contributed by atoms with Crippen molar-refractivity contribution in [3.63, 3.8) is 0 Å². The molecule has 0 saturated heterocycles. The first-order valence-corrected chi connectivity index (χ1v) is 8.22. The second-order valence-corrected chi connectivity index (χ2v) is 6.73. The third-order valence-electron chi connectivity index (χ3n) is 2.32. The molecule has 4 nitrogen and oxygen atoms in total. The number of carbonyl (C=O) groups is 2. The Morgan fingerprint density at radius 1 is 1.53 bits per heavy atom. The molecule has 1 heterocycles. The monoisotopic (exact) mass is 321 g/mol. The smallest absolute Gasteiger partial charge is 0.326 e. The van der Waals surface area contributed by atoms with E-state index in [2.05, 4.69) is 5.32 Å². The summed E-state index contributed by atoms with van der Waals surface area (Å²) in [5, 5.41) is 11.5.